The maximum atomic E-state index is 5.83. The van der Waals surface area contributed by atoms with E-state index in [2.05, 4.69) is 255 Å². The number of halogens is 16. The van der Waals surface area contributed by atoms with Crippen molar-refractivity contribution in [3.63, 3.8) is 0 Å². The van der Waals surface area contributed by atoms with Gasteiger partial charge in [0.25, 0.3) is 0 Å². The second-order valence-electron chi connectivity index (χ2n) is 5.97. The molecule has 1 rings (SSSR count). The molecule has 1 fully saturated rings. The van der Waals surface area contributed by atoms with Gasteiger partial charge in [-0.1, -0.05) is 255 Å². The van der Waals surface area contributed by atoms with Crippen LogP contribution in [0.5, 0.6) is 0 Å². The second-order valence-corrected chi connectivity index (χ2v) is 33.6. The van der Waals surface area contributed by atoms with Gasteiger partial charge in [0.2, 0.25) is 0 Å². The molecule has 180 valence electrons. The standard InChI is InChI=1S/C12H8Br16O2/c13-5(14)7(17,18)9(21,22)11(25,26)12(27,28)10(23,24)8(19,20)6(15,16)3-29-1-4-2-30-4/h4-5H,1-3H2. The van der Waals surface area contributed by atoms with E-state index >= 15 is 0 Å². The van der Waals surface area contributed by atoms with Crippen LogP contribution < -0.4 is 0 Å². The summed E-state index contributed by atoms with van der Waals surface area (Å²) in [6, 6.07) is 0. The molecule has 2 nitrogen and oxygen atoms in total. The van der Waals surface area contributed by atoms with E-state index < -0.39 is 22.6 Å². The van der Waals surface area contributed by atoms with Crippen molar-refractivity contribution in [2.75, 3.05) is 19.8 Å². The molecule has 0 saturated carbocycles. The molecular weight excluding hydrogens is 1450 g/mol. The van der Waals surface area contributed by atoms with Crippen molar-refractivity contribution in [1.82, 2.24) is 0 Å². The molecule has 18 heteroatoms. The highest BCUT2D eigenvalue weighted by atomic mass is 79.9. The Kier molecular flexibility index (Phi) is 15.0. The van der Waals surface area contributed by atoms with Crippen molar-refractivity contribution < 1.29 is 9.47 Å². The summed E-state index contributed by atoms with van der Waals surface area (Å²) >= 11 is 60.5. The van der Waals surface area contributed by atoms with Crippen LogP contribution in [0.1, 0.15) is 0 Å². The minimum Gasteiger partial charge on any atom is -0.376 e. The van der Waals surface area contributed by atoms with Gasteiger partial charge in [-0.3, -0.25) is 0 Å². The third-order valence-electron chi connectivity index (χ3n) is 3.72. The number of epoxide rings is 1. The van der Waals surface area contributed by atoms with Crippen molar-refractivity contribution in [3.05, 3.63) is 0 Å². The number of ether oxygens (including phenoxy) is 2. The molecule has 0 aliphatic carbocycles. The highest BCUT2D eigenvalue weighted by molar-refractivity contribution is 9.37. The van der Waals surface area contributed by atoms with Crippen LogP contribution in [0.4, 0.5) is 0 Å². The van der Waals surface area contributed by atoms with Crippen LogP contribution in [0.3, 0.4) is 0 Å². The Bertz CT molecular complexity index is 611. The van der Waals surface area contributed by atoms with Crippen LogP contribution in [0.15, 0.2) is 0 Å². The fraction of sp³-hybridized carbons (Fsp3) is 1.00. The Labute approximate surface area is 310 Å². The van der Waals surface area contributed by atoms with E-state index in [9.17, 15) is 0 Å². The minimum absolute atomic E-state index is 0.164. The zero-order chi connectivity index (χ0) is 24.2. The molecule has 0 aromatic heterocycles. The normalized spacial score (nSPS) is 20.1. The lowest BCUT2D eigenvalue weighted by Crippen LogP contribution is -2.67. The molecule has 0 radical (unpaired) electrons. The first-order chi connectivity index (χ1) is 13.0. The monoisotopic (exact) mass is 1450 g/mol. The number of hydrogen-bond acceptors (Lipinski definition) is 2. The summed E-state index contributed by atoms with van der Waals surface area (Å²) in [5.41, 5.74) is 0. The molecule has 0 spiro atoms. The largest absolute Gasteiger partial charge is 0.376 e. The lowest BCUT2D eigenvalue weighted by molar-refractivity contribution is 0.113. The summed E-state index contributed by atoms with van der Waals surface area (Å²) in [6.07, 6.45) is 0.164. The Balaban J connectivity index is 3.34. The third kappa shape index (κ3) is 7.08. The first-order valence-corrected chi connectivity index (χ1v) is 20.1. The summed E-state index contributed by atoms with van der Waals surface area (Å²) in [5.74, 6) is 0. The Morgan fingerprint density at radius 3 is 1.40 bits per heavy atom. The van der Waals surface area contributed by atoms with E-state index in [4.69, 9.17) is 9.47 Å². The van der Waals surface area contributed by atoms with Crippen molar-refractivity contribution >= 4 is 255 Å². The first kappa shape index (κ1) is 35.6. The lowest BCUT2D eigenvalue weighted by atomic mass is 10.1. The summed E-state index contributed by atoms with van der Waals surface area (Å²) < 4.78 is 4.67. The average Bonchev–Trinajstić information content (AvgIpc) is 3.37. The van der Waals surface area contributed by atoms with Gasteiger partial charge in [-0.15, -0.1) is 0 Å². The van der Waals surface area contributed by atoms with E-state index in [1.807, 2.05) is 0 Å². The van der Waals surface area contributed by atoms with Gasteiger partial charge >= 0.3 is 0 Å². The highest BCUT2D eigenvalue weighted by Crippen LogP contribution is 2.76. The van der Waals surface area contributed by atoms with Crippen molar-refractivity contribution in [1.29, 1.82) is 0 Å². The predicted octanol–water partition coefficient (Wildman–Crippen LogP) is 11.9. The SMILES string of the molecule is BrC(Br)C(Br)(Br)C(Br)(Br)C(Br)(Br)C(Br)(Br)C(Br)(Br)C(Br)(Br)C(Br)(Br)COCC1CO1. The maximum Gasteiger partial charge on any atom is 0.135 e. The van der Waals surface area contributed by atoms with Crippen molar-refractivity contribution in [3.8, 4) is 0 Å². The number of alkyl halides is 16. The van der Waals surface area contributed by atoms with Crippen LogP contribution in [0.2, 0.25) is 0 Å². The molecule has 1 aliphatic heterocycles. The second kappa shape index (κ2) is 12.6. The van der Waals surface area contributed by atoms with Crippen LogP contribution in [0, 0.1) is 0 Å². The zero-order valence-electron chi connectivity index (χ0n) is 13.6. The molecule has 1 saturated heterocycles. The fourth-order valence-corrected chi connectivity index (χ4v) is 16.0. The number of rotatable bonds is 11. The van der Waals surface area contributed by atoms with E-state index in [0.29, 0.717) is 13.2 Å². The Morgan fingerprint density at radius 1 is 0.667 bits per heavy atom. The minimum atomic E-state index is -0.978. The van der Waals surface area contributed by atoms with Gasteiger partial charge in [-0.25, -0.2) is 0 Å². The van der Waals surface area contributed by atoms with Crippen molar-refractivity contribution in [2.45, 2.75) is 32.5 Å². The summed E-state index contributed by atoms with van der Waals surface area (Å²) in [5, 5.41) is 0. The summed E-state index contributed by atoms with van der Waals surface area (Å²) in [6.45, 7) is 1.56. The van der Waals surface area contributed by atoms with Crippen LogP contribution in [-0.4, -0.2) is 52.3 Å². The topological polar surface area (TPSA) is 21.8 Å². The van der Waals surface area contributed by atoms with Crippen LogP contribution in [0.25, 0.3) is 0 Å². The van der Waals surface area contributed by atoms with E-state index in [0.717, 1.165) is 6.61 Å². The molecular formula is C12H8Br16O2. The Hall–Kier alpha value is 7.60. The summed E-state index contributed by atoms with van der Waals surface area (Å²) in [4.78, 5) is 0. The van der Waals surface area contributed by atoms with Crippen LogP contribution in [-0.2, 0) is 9.47 Å². The maximum absolute atomic E-state index is 5.83. The van der Waals surface area contributed by atoms with Crippen molar-refractivity contribution in [2.24, 2.45) is 0 Å². The summed E-state index contributed by atoms with van der Waals surface area (Å²) in [7, 11) is 0. The molecule has 1 atom stereocenters. The van der Waals surface area contributed by atoms with Gasteiger partial charge < -0.3 is 9.47 Å². The third-order valence-corrected chi connectivity index (χ3v) is 36.2. The fourth-order valence-electron chi connectivity index (χ4n) is 1.74. The average molecular weight is 1460 g/mol. The number of hydrogen-bond donors (Lipinski definition) is 0. The molecule has 30 heavy (non-hydrogen) atoms. The van der Waals surface area contributed by atoms with Gasteiger partial charge in [0.05, 0.1) is 23.6 Å². The van der Waals surface area contributed by atoms with Gasteiger partial charge in [-0.05, 0) is 0 Å². The first-order valence-electron chi connectivity index (χ1n) is 7.14. The Morgan fingerprint density at radius 2 is 1.03 bits per heavy atom. The van der Waals surface area contributed by atoms with E-state index in [1.165, 1.54) is 0 Å². The quantitative estimate of drug-likeness (QED) is 0.152. The van der Waals surface area contributed by atoms with Gasteiger partial charge in [-0.2, -0.15) is 0 Å². The lowest BCUT2D eigenvalue weighted by Gasteiger charge is -2.56. The molecule has 0 aromatic carbocycles. The molecule has 1 unspecified atom stereocenters. The molecule has 1 aliphatic rings. The molecule has 0 amide bonds. The van der Waals surface area contributed by atoms with Gasteiger partial charge in [0, 0.05) is 0 Å². The van der Waals surface area contributed by atoms with E-state index in [1.54, 1.807) is 0 Å². The van der Waals surface area contributed by atoms with Gasteiger partial charge in [0.15, 0.2) is 0 Å². The van der Waals surface area contributed by atoms with E-state index in [-0.39, 0.29) is 9.84 Å². The predicted molar refractivity (Wildman–Crippen MR) is 186 cm³/mol. The molecule has 1 heterocycles. The van der Waals surface area contributed by atoms with Gasteiger partial charge in [0.1, 0.15) is 28.7 Å². The van der Waals surface area contributed by atoms with Crippen LogP contribution >= 0.6 is 255 Å². The molecule has 0 N–H and O–H groups in total. The smallest absolute Gasteiger partial charge is 0.135 e. The zero-order valence-corrected chi connectivity index (χ0v) is 39.0. The highest BCUT2D eigenvalue weighted by Gasteiger charge is 2.76. The molecule has 0 bridgehead atoms. The molecule has 0 aromatic rings.